The van der Waals surface area contributed by atoms with Crippen LogP contribution in [0.3, 0.4) is 0 Å². The Morgan fingerprint density at radius 1 is 0.318 bits per heavy atom. The van der Waals surface area contributed by atoms with Crippen LogP contribution in [0.2, 0.25) is 0 Å². The number of benzene rings is 10. The molecule has 12 aromatic rings. The van der Waals surface area contributed by atoms with E-state index in [0.717, 1.165) is 33.4 Å². The van der Waals surface area contributed by atoms with Gasteiger partial charge in [0.1, 0.15) is 0 Å². The number of nitrogens with zero attached hydrogens (tertiary/aromatic N) is 4. The summed E-state index contributed by atoms with van der Waals surface area (Å²) in [5, 5.41) is 5.04. The highest BCUT2D eigenvalue weighted by molar-refractivity contribution is 6.32. The highest BCUT2D eigenvalue weighted by atomic mass is 15.0. The van der Waals surface area contributed by atoms with E-state index in [9.17, 15) is 0 Å². The Morgan fingerprint density at radius 2 is 0.848 bits per heavy atom. The molecule has 0 N–H and O–H groups in total. The van der Waals surface area contributed by atoms with E-state index in [1.807, 2.05) is 36.4 Å². The average Bonchev–Trinajstić information content (AvgIpc) is 3.85. The zero-order valence-electron chi connectivity index (χ0n) is 35.7. The molecule has 0 unspecified atom stereocenters. The van der Waals surface area contributed by atoms with Gasteiger partial charge in [-0.3, -0.25) is 0 Å². The smallest absolute Gasteiger partial charge is 0.164 e. The quantitative estimate of drug-likeness (QED) is 0.168. The molecule has 4 heteroatoms. The molecule has 4 nitrogen and oxygen atoms in total. The second kappa shape index (κ2) is 14.1. The first-order chi connectivity index (χ1) is 32.8. The first kappa shape index (κ1) is 36.7. The summed E-state index contributed by atoms with van der Waals surface area (Å²) in [6.45, 7) is 0. The molecular formula is C62H38N4. The van der Waals surface area contributed by atoms with Crippen molar-refractivity contribution in [3.05, 3.63) is 253 Å². The minimum atomic E-state index is -0.599. The van der Waals surface area contributed by atoms with Gasteiger partial charge in [-0.1, -0.05) is 206 Å². The lowest BCUT2D eigenvalue weighted by Gasteiger charge is -2.34. The maximum atomic E-state index is 5.17. The third kappa shape index (κ3) is 5.12. The lowest BCUT2D eigenvalue weighted by Crippen LogP contribution is -2.28. The monoisotopic (exact) mass is 838 g/mol. The van der Waals surface area contributed by atoms with Gasteiger partial charge in [0.25, 0.3) is 0 Å². The number of hydrogen-bond donors (Lipinski definition) is 0. The molecule has 2 aliphatic carbocycles. The summed E-state index contributed by atoms with van der Waals surface area (Å²) < 4.78 is 2.50. The van der Waals surface area contributed by atoms with Gasteiger partial charge < -0.3 is 4.57 Å². The maximum absolute atomic E-state index is 5.17. The van der Waals surface area contributed by atoms with Crippen LogP contribution < -0.4 is 0 Å². The normalized spacial score (nSPS) is 13.0. The Hall–Kier alpha value is -8.73. The molecular weight excluding hydrogens is 801 g/mol. The Morgan fingerprint density at radius 3 is 1.52 bits per heavy atom. The summed E-state index contributed by atoms with van der Waals surface area (Å²) in [4.78, 5) is 15.4. The molecule has 0 atom stereocenters. The van der Waals surface area contributed by atoms with E-state index in [1.54, 1.807) is 0 Å². The van der Waals surface area contributed by atoms with E-state index < -0.39 is 5.41 Å². The van der Waals surface area contributed by atoms with Crippen molar-refractivity contribution in [2.45, 2.75) is 5.41 Å². The lowest BCUT2D eigenvalue weighted by atomic mass is 9.67. The van der Waals surface area contributed by atoms with Crippen LogP contribution in [0.5, 0.6) is 0 Å². The van der Waals surface area contributed by atoms with Crippen molar-refractivity contribution < 1.29 is 0 Å². The third-order valence-electron chi connectivity index (χ3n) is 14.0. The van der Waals surface area contributed by atoms with Crippen molar-refractivity contribution in [3.8, 4) is 73.2 Å². The zero-order chi connectivity index (χ0) is 43.3. The summed E-state index contributed by atoms with van der Waals surface area (Å²) >= 11 is 0. The summed E-state index contributed by atoms with van der Waals surface area (Å²) in [5.41, 5.74) is 18.2. The first-order valence-electron chi connectivity index (χ1n) is 22.6. The highest BCUT2D eigenvalue weighted by Crippen LogP contribution is 2.62. The average molecular weight is 839 g/mol. The Kier molecular flexibility index (Phi) is 7.87. The van der Waals surface area contributed by atoms with Gasteiger partial charge in [0, 0.05) is 38.7 Å². The van der Waals surface area contributed by atoms with Crippen molar-refractivity contribution in [3.63, 3.8) is 0 Å². The van der Waals surface area contributed by atoms with Crippen LogP contribution in [-0.2, 0) is 5.41 Å². The van der Waals surface area contributed by atoms with Crippen molar-refractivity contribution in [2.75, 3.05) is 0 Å². The molecule has 0 bridgehead atoms. The standard InChI is InChI=1S/C62H38N4/c1-5-19-40(20-6-1)59-63-60(41-21-7-2-8-22-41)65-61(64-59)42-24-17-29-45(37-42)66-52-36-35-39-23-18-33-47-46-30-13-14-31-48(46)56-55-49-32-15-16-34-50(49)62(43-25-9-3-10-26-43,44-27-11-4-12-28-44)51(55)38-53(66)58(56)57(52)54(39)47/h1-38H. The highest BCUT2D eigenvalue weighted by Gasteiger charge is 2.48. The fourth-order valence-electron chi connectivity index (χ4n) is 11.4. The molecule has 66 heavy (non-hydrogen) atoms. The SMILES string of the molecule is c1ccc(-c2nc(-c3ccccc3)nc(-c3cccc(-n4c5cc6c(c7c5c5c8c(cccc8ccc54)-c4ccccc4-7)-c4ccccc4C6(c4ccccc4)c4ccccc4)c3)n2)cc1. The summed E-state index contributed by atoms with van der Waals surface area (Å²) in [6.07, 6.45) is 0. The number of rotatable bonds is 6. The molecule has 0 aliphatic heterocycles. The molecule has 306 valence electrons. The van der Waals surface area contributed by atoms with E-state index in [1.165, 1.54) is 77.2 Å². The van der Waals surface area contributed by atoms with Crippen LogP contribution in [-0.4, -0.2) is 19.5 Å². The minimum Gasteiger partial charge on any atom is -0.309 e. The van der Waals surface area contributed by atoms with E-state index >= 15 is 0 Å². The fraction of sp³-hybridized carbons (Fsp3) is 0.0161. The Bertz CT molecular complexity index is 3820. The zero-order valence-corrected chi connectivity index (χ0v) is 35.7. The van der Waals surface area contributed by atoms with Gasteiger partial charge >= 0.3 is 0 Å². The molecule has 14 rings (SSSR count). The van der Waals surface area contributed by atoms with Crippen LogP contribution in [0, 0.1) is 0 Å². The second-order valence-corrected chi connectivity index (χ2v) is 17.4. The van der Waals surface area contributed by atoms with Crippen LogP contribution in [0.15, 0.2) is 231 Å². The molecule has 2 aliphatic rings. The van der Waals surface area contributed by atoms with E-state index in [0.29, 0.717) is 17.5 Å². The van der Waals surface area contributed by atoms with Gasteiger partial charge in [-0.15, -0.1) is 0 Å². The van der Waals surface area contributed by atoms with Gasteiger partial charge in [-0.2, -0.15) is 0 Å². The first-order valence-corrected chi connectivity index (χ1v) is 22.6. The van der Waals surface area contributed by atoms with Crippen LogP contribution >= 0.6 is 0 Å². The second-order valence-electron chi connectivity index (χ2n) is 17.4. The fourth-order valence-corrected chi connectivity index (χ4v) is 11.4. The summed E-state index contributed by atoms with van der Waals surface area (Å²) in [5.74, 6) is 1.90. The van der Waals surface area contributed by atoms with Gasteiger partial charge in [-0.05, 0) is 85.1 Å². The topological polar surface area (TPSA) is 43.6 Å². The van der Waals surface area contributed by atoms with Gasteiger partial charge in [0.05, 0.1) is 16.4 Å². The van der Waals surface area contributed by atoms with Crippen molar-refractivity contribution in [2.24, 2.45) is 0 Å². The predicted molar refractivity (Wildman–Crippen MR) is 270 cm³/mol. The van der Waals surface area contributed by atoms with Crippen LogP contribution in [0.1, 0.15) is 22.3 Å². The Labute approximate surface area is 381 Å². The number of aromatic nitrogens is 4. The molecule has 2 heterocycles. The maximum Gasteiger partial charge on any atom is 0.164 e. The molecule has 0 radical (unpaired) electrons. The molecule has 2 aromatic heterocycles. The van der Waals surface area contributed by atoms with E-state index in [-0.39, 0.29) is 0 Å². The molecule has 0 spiro atoms. The molecule has 0 amide bonds. The van der Waals surface area contributed by atoms with Gasteiger partial charge in [-0.25, -0.2) is 15.0 Å². The van der Waals surface area contributed by atoms with E-state index in [4.69, 9.17) is 15.0 Å². The van der Waals surface area contributed by atoms with Crippen LogP contribution in [0.25, 0.3) is 106 Å². The minimum absolute atomic E-state index is 0.599. The predicted octanol–water partition coefficient (Wildman–Crippen LogP) is 15.1. The van der Waals surface area contributed by atoms with Crippen LogP contribution in [0.4, 0.5) is 0 Å². The molecule has 10 aromatic carbocycles. The Balaban J connectivity index is 1.13. The molecule has 0 fully saturated rings. The lowest BCUT2D eigenvalue weighted by molar-refractivity contribution is 0.769. The molecule has 0 saturated carbocycles. The number of fused-ring (bicyclic) bond motifs is 7. The largest absolute Gasteiger partial charge is 0.309 e. The van der Waals surface area contributed by atoms with Crippen molar-refractivity contribution in [1.29, 1.82) is 0 Å². The third-order valence-corrected chi connectivity index (χ3v) is 14.0. The molecule has 0 saturated heterocycles. The van der Waals surface area contributed by atoms with Gasteiger partial charge in [0.2, 0.25) is 0 Å². The summed E-state index contributed by atoms with van der Waals surface area (Å²) in [7, 11) is 0. The summed E-state index contributed by atoms with van der Waals surface area (Å²) in [6, 6.07) is 83.6. The van der Waals surface area contributed by atoms with Crippen molar-refractivity contribution in [1.82, 2.24) is 19.5 Å². The number of hydrogen-bond acceptors (Lipinski definition) is 3. The van der Waals surface area contributed by atoms with Gasteiger partial charge in [0.15, 0.2) is 17.5 Å². The van der Waals surface area contributed by atoms with E-state index in [2.05, 4.69) is 199 Å². The van der Waals surface area contributed by atoms with Crippen molar-refractivity contribution >= 4 is 32.6 Å².